The maximum atomic E-state index is 13.1. The number of amides is 1. The molecule has 31 heavy (non-hydrogen) atoms. The maximum absolute atomic E-state index is 13.1. The predicted molar refractivity (Wildman–Crippen MR) is 117 cm³/mol. The van der Waals surface area contributed by atoms with E-state index in [1.807, 2.05) is 30.3 Å². The molecule has 5 nitrogen and oxygen atoms in total. The molecule has 158 valence electrons. The molecule has 3 aliphatic rings. The van der Waals surface area contributed by atoms with E-state index in [9.17, 15) is 4.79 Å². The summed E-state index contributed by atoms with van der Waals surface area (Å²) in [6.45, 7) is 7.45. The van der Waals surface area contributed by atoms with Crippen LogP contribution in [0.3, 0.4) is 0 Å². The van der Waals surface area contributed by atoms with E-state index < -0.39 is 0 Å². The van der Waals surface area contributed by atoms with E-state index in [2.05, 4.69) is 48.0 Å². The SMILES string of the molecule is Cc1cc2c(cc1C)C13C[C@H](C)[C@@H](c4nnc(-c5ccccc5)o4)[C@@H]1CC(=O)N3CC2. The zero-order chi connectivity index (χ0) is 21.3. The molecule has 1 saturated heterocycles. The molecule has 1 aliphatic carbocycles. The Labute approximate surface area is 182 Å². The smallest absolute Gasteiger partial charge is 0.247 e. The van der Waals surface area contributed by atoms with Gasteiger partial charge in [-0.2, -0.15) is 0 Å². The van der Waals surface area contributed by atoms with Gasteiger partial charge >= 0.3 is 0 Å². The van der Waals surface area contributed by atoms with E-state index in [-0.39, 0.29) is 23.3 Å². The Morgan fingerprint density at radius 3 is 2.68 bits per heavy atom. The molecule has 5 heteroatoms. The zero-order valence-electron chi connectivity index (χ0n) is 18.3. The van der Waals surface area contributed by atoms with Crippen LogP contribution < -0.4 is 0 Å². The van der Waals surface area contributed by atoms with Crippen molar-refractivity contribution in [3.63, 3.8) is 0 Å². The number of carbonyl (C=O) groups is 1. The highest BCUT2D eigenvalue weighted by molar-refractivity contribution is 5.82. The Morgan fingerprint density at radius 1 is 1.10 bits per heavy atom. The van der Waals surface area contributed by atoms with E-state index >= 15 is 0 Å². The zero-order valence-corrected chi connectivity index (χ0v) is 18.3. The van der Waals surface area contributed by atoms with Gasteiger partial charge in [0.05, 0.1) is 5.54 Å². The summed E-state index contributed by atoms with van der Waals surface area (Å²) in [5.41, 5.74) is 6.08. The van der Waals surface area contributed by atoms with Crippen LogP contribution in [0.1, 0.15) is 53.8 Å². The Bertz CT molecular complexity index is 1180. The largest absolute Gasteiger partial charge is 0.420 e. The van der Waals surface area contributed by atoms with Crippen molar-refractivity contribution in [1.82, 2.24) is 15.1 Å². The molecule has 3 heterocycles. The average molecular weight is 414 g/mol. The topological polar surface area (TPSA) is 59.2 Å². The van der Waals surface area contributed by atoms with Gasteiger partial charge in [0.25, 0.3) is 0 Å². The molecule has 0 bridgehead atoms. The van der Waals surface area contributed by atoms with Gasteiger partial charge in [0.15, 0.2) is 0 Å². The third-order valence-corrected chi connectivity index (χ3v) is 8.01. The van der Waals surface area contributed by atoms with E-state index in [0.717, 1.165) is 24.9 Å². The lowest BCUT2D eigenvalue weighted by Crippen LogP contribution is -2.49. The lowest BCUT2D eigenvalue weighted by molar-refractivity contribution is -0.132. The van der Waals surface area contributed by atoms with Gasteiger partial charge < -0.3 is 9.32 Å². The van der Waals surface area contributed by atoms with Crippen molar-refractivity contribution in [3.8, 4) is 11.5 Å². The van der Waals surface area contributed by atoms with Crippen LogP contribution in [0.25, 0.3) is 11.5 Å². The summed E-state index contributed by atoms with van der Waals surface area (Å²) >= 11 is 0. The van der Waals surface area contributed by atoms with Gasteiger partial charge in [-0.3, -0.25) is 4.79 Å². The molecule has 1 amide bonds. The van der Waals surface area contributed by atoms with Crippen molar-refractivity contribution in [1.29, 1.82) is 0 Å². The number of hydrogen-bond donors (Lipinski definition) is 0. The van der Waals surface area contributed by atoms with Crippen LogP contribution in [0, 0.1) is 25.7 Å². The third-order valence-electron chi connectivity index (χ3n) is 8.01. The summed E-state index contributed by atoms with van der Waals surface area (Å²) in [5, 5.41) is 8.84. The van der Waals surface area contributed by atoms with Gasteiger partial charge in [-0.15, -0.1) is 10.2 Å². The fourth-order valence-electron chi connectivity index (χ4n) is 6.57. The first kappa shape index (κ1) is 18.8. The highest BCUT2D eigenvalue weighted by atomic mass is 16.4. The molecule has 1 aromatic heterocycles. The number of carbonyl (C=O) groups excluding carboxylic acids is 1. The second kappa shape index (κ2) is 6.52. The average Bonchev–Trinajstić information content (AvgIpc) is 3.41. The molecule has 0 N–H and O–H groups in total. The van der Waals surface area contributed by atoms with Crippen molar-refractivity contribution in [2.24, 2.45) is 11.8 Å². The van der Waals surface area contributed by atoms with Crippen LogP contribution in [-0.4, -0.2) is 27.5 Å². The van der Waals surface area contributed by atoms with Crippen LogP contribution >= 0.6 is 0 Å². The molecule has 1 saturated carbocycles. The van der Waals surface area contributed by atoms with Crippen LogP contribution in [-0.2, 0) is 16.8 Å². The van der Waals surface area contributed by atoms with E-state index in [0.29, 0.717) is 24.1 Å². The summed E-state index contributed by atoms with van der Waals surface area (Å²) in [5.74, 6) is 2.12. The lowest BCUT2D eigenvalue weighted by atomic mass is 9.73. The fourth-order valence-corrected chi connectivity index (χ4v) is 6.57. The van der Waals surface area contributed by atoms with Gasteiger partial charge in [-0.1, -0.05) is 37.3 Å². The Kier molecular flexibility index (Phi) is 3.95. The second-order valence-electron chi connectivity index (χ2n) is 9.64. The minimum Gasteiger partial charge on any atom is -0.420 e. The van der Waals surface area contributed by atoms with Gasteiger partial charge in [-0.05, 0) is 67.0 Å². The first-order chi connectivity index (χ1) is 15.0. The van der Waals surface area contributed by atoms with Crippen molar-refractivity contribution in [2.45, 2.75) is 51.5 Å². The van der Waals surface area contributed by atoms with Gasteiger partial charge in [0.2, 0.25) is 17.7 Å². The maximum Gasteiger partial charge on any atom is 0.247 e. The summed E-state index contributed by atoms with van der Waals surface area (Å²) in [6, 6.07) is 14.6. The van der Waals surface area contributed by atoms with E-state index in [4.69, 9.17) is 4.42 Å². The van der Waals surface area contributed by atoms with E-state index in [1.54, 1.807) is 0 Å². The van der Waals surface area contributed by atoms with E-state index in [1.165, 1.54) is 22.3 Å². The number of nitrogens with zero attached hydrogens (tertiary/aromatic N) is 3. The first-order valence-corrected chi connectivity index (χ1v) is 11.3. The van der Waals surface area contributed by atoms with Crippen LogP contribution in [0.4, 0.5) is 0 Å². The van der Waals surface area contributed by atoms with Crippen LogP contribution in [0.15, 0.2) is 46.9 Å². The molecule has 2 aromatic carbocycles. The number of fused-ring (bicyclic) bond motifs is 1. The van der Waals surface area contributed by atoms with Crippen molar-refractivity contribution >= 4 is 5.91 Å². The molecule has 3 aromatic rings. The fraction of sp³-hybridized carbons (Fsp3) is 0.423. The predicted octanol–water partition coefficient (Wildman–Crippen LogP) is 4.78. The van der Waals surface area contributed by atoms with Gasteiger partial charge in [0.1, 0.15) is 0 Å². The van der Waals surface area contributed by atoms with Gasteiger partial charge in [0, 0.05) is 30.4 Å². The standard InChI is InChI=1S/C26H27N3O2/c1-15-11-19-9-10-29-22(30)13-21-23(17(3)14-26(21,29)20(19)12-16(15)2)25-28-27-24(31-25)18-7-5-4-6-8-18/h4-8,11-12,17,21,23H,9-10,13-14H2,1-3H3/t17-,21-,23+,26?/m0/s1. The Morgan fingerprint density at radius 2 is 1.87 bits per heavy atom. The highest BCUT2D eigenvalue weighted by Crippen LogP contribution is 2.63. The third kappa shape index (κ3) is 2.52. The number of benzene rings is 2. The molecular weight excluding hydrogens is 386 g/mol. The van der Waals surface area contributed by atoms with Crippen molar-refractivity contribution in [3.05, 3.63) is 70.6 Å². The molecule has 6 rings (SSSR count). The number of hydrogen-bond acceptors (Lipinski definition) is 4. The molecule has 2 aliphatic heterocycles. The summed E-state index contributed by atoms with van der Waals surface area (Å²) in [6.07, 6.45) is 2.45. The number of rotatable bonds is 2. The molecule has 2 fully saturated rings. The van der Waals surface area contributed by atoms with Crippen LogP contribution in [0.2, 0.25) is 0 Å². The quantitative estimate of drug-likeness (QED) is 0.607. The minimum absolute atomic E-state index is 0.0893. The first-order valence-electron chi connectivity index (χ1n) is 11.3. The summed E-state index contributed by atoms with van der Waals surface area (Å²) in [7, 11) is 0. The van der Waals surface area contributed by atoms with Gasteiger partial charge in [-0.25, -0.2) is 0 Å². The molecule has 1 unspecified atom stereocenters. The van der Waals surface area contributed by atoms with Crippen molar-refractivity contribution < 1.29 is 9.21 Å². The number of aryl methyl sites for hydroxylation is 2. The van der Waals surface area contributed by atoms with Crippen molar-refractivity contribution in [2.75, 3.05) is 6.54 Å². The Balaban J connectivity index is 1.46. The summed E-state index contributed by atoms with van der Waals surface area (Å²) < 4.78 is 6.22. The molecule has 4 atom stereocenters. The lowest BCUT2D eigenvalue weighted by Gasteiger charge is -2.45. The molecular formula is C26H27N3O2. The molecule has 0 radical (unpaired) electrons. The number of aromatic nitrogens is 2. The molecule has 1 spiro atoms. The minimum atomic E-state index is -0.241. The summed E-state index contributed by atoms with van der Waals surface area (Å²) in [4.78, 5) is 15.3. The highest BCUT2D eigenvalue weighted by Gasteiger charge is 2.64. The second-order valence-corrected chi connectivity index (χ2v) is 9.64. The monoisotopic (exact) mass is 413 g/mol. The van der Waals surface area contributed by atoms with Crippen LogP contribution in [0.5, 0.6) is 0 Å². The Hall–Kier alpha value is -2.95. The normalized spacial score (nSPS) is 29.1.